The number of carbonyl (C=O) groups excluding carboxylic acids is 2. The normalized spacial score (nSPS) is 11.7. The fourth-order valence-corrected chi connectivity index (χ4v) is 3.46. The van der Waals surface area contributed by atoms with Gasteiger partial charge in [0.15, 0.2) is 0 Å². The van der Waals surface area contributed by atoms with Gasteiger partial charge in [0, 0.05) is 17.5 Å². The first-order valence-corrected chi connectivity index (χ1v) is 10.1. The van der Waals surface area contributed by atoms with Crippen LogP contribution in [0, 0.1) is 13.8 Å². The number of nitrogens with zero attached hydrogens (tertiary/aromatic N) is 2. The minimum atomic E-state index is -0.406. The van der Waals surface area contributed by atoms with Crippen LogP contribution in [0.4, 0.5) is 5.82 Å². The molecule has 0 fully saturated rings. The first-order valence-electron chi connectivity index (χ1n) is 9.28. The van der Waals surface area contributed by atoms with Crippen LogP contribution in [-0.2, 0) is 9.59 Å². The van der Waals surface area contributed by atoms with Crippen molar-refractivity contribution in [1.29, 1.82) is 0 Å². The lowest BCUT2D eigenvalue weighted by molar-refractivity contribution is -0.120. The molecule has 3 rings (SSSR count). The fraction of sp³-hybridized carbons (Fsp3) is 0.227. The summed E-state index contributed by atoms with van der Waals surface area (Å²) in [7, 11) is 0. The summed E-state index contributed by atoms with van der Waals surface area (Å²) < 4.78 is 2.61. The van der Waals surface area contributed by atoms with Crippen molar-refractivity contribution in [2.24, 2.45) is 0 Å². The molecule has 150 valence electrons. The van der Waals surface area contributed by atoms with Crippen LogP contribution in [0.2, 0.25) is 0 Å². The summed E-state index contributed by atoms with van der Waals surface area (Å²) in [5, 5.41) is 10.3. The van der Waals surface area contributed by atoms with Crippen molar-refractivity contribution < 1.29 is 9.59 Å². The smallest absolute Gasteiger partial charge is 0.227 e. The van der Waals surface area contributed by atoms with Gasteiger partial charge in [-0.1, -0.05) is 51.8 Å². The van der Waals surface area contributed by atoms with E-state index in [0.29, 0.717) is 5.82 Å². The van der Waals surface area contributed by atoms with Gasteiger partial charge in [-0.15, -0.1) is 0 Å². The number of hydrogen-bond donors (Lipinski definition) is 2. The van der Waals surface area contributed by atoms with Crippen molar-refractivity contribution >= 4 is 33.6 Å². The number of amides is 2. The number of carbonyl (C=O) groups is 2. The Balaban J connectivity index is 1.80. The first-order chi connectivity index (χ1) is 13.8. The summed E-state index contributed by atoms with van der Waals surface area (Å²) in [5.41, 5.74) is 3.63. The Bertz CT molecular complexity index is 1030. The van der Waals surface area contributed by atoms with E-state index >= 15 is 0 Å². The molecule has 6 nitrogen and oxygen atoms in total. The number of anilines is 1. The van der Waals surface area contributed by atoms with Crippen LogP contribution in [-0.4, -0.2) is 21.6 Å². The van der Waals surface area contributed by atoms with Crippen LogP contribution in [0.5, 0.6) is 0 Å². The minimum absolute atomic E-state index is 0.116. The Morgan fingerprint density at radius 1 is 1.10 bits per heavy atom. The molecule has 0 radical (unpaired) electrons. The first kappa shape index (κ1) is 20.8. The highest BCUT2D eigenvalue weighted by Gasteiger charge is 2.19. The van der Waals surface area contributed by atoms with E-state index in [0.717, 1.165) is 27.0 Å². The van der Waals surface area contributed by atoms with Crippen molar-refractivity contribution in [2.45, 2.75) is 33.2 Å². The minimum Gasteiger partial charge on any atom is -0.349 e. The predicted molar refractivity (Wildman–Crippen MR) is 117 cm³/mol. The number of halogens is 1. The van der Waals surface area contributed by atoms with E-state index in [4.69, 9.17) is 0 Å². The lowest BCUT2D eigenvalue weighted by atomic mass is 10.0. The monoisotopic (exact) mass is 454 g/mol. The Hall–Kier alpha value is -2.93. The molecular weight excluding hydrogens is 432 g/mol. The molecule has 0 aliphatic heterocycles. The third kappa shape index (κ3) is 5.54. The molecule has 2 amide bonds. The SMILES string of the molecule is CC(=O)NC(CC(=O)Nc1cc(C)nn1-c1cccc(Br)c1)c1ccc(C)cc1. The van der Waals surface area contributed by atoms with Crippen LogP contribution < -0.4 is 10.6 Å². The van der Waals surface area contributed by atoms with Crippen molar-refractivity contribution in [3.05, 3.63) is 75.9 Å². The second-order valence-electron chi connectivity index (χ2n) is 6.98. The van der Waals surface area contributed by atoms with E-state index in [-0.39, 0.29) is 18.2 Å². The van der Waals surface area contributed by atoms with Gasteiger partial charge in [0.25, 0.3) is 0 Å². The summed E-state index contributed by atoms with van der Waals surface area (Å²) in [6.45, 7) is 5.32. The number of hydrogen-bond acceptors (Lipinski definition) is 3. The molecule has 2 aromatic carbocycles. The van der Waals surface area contributed by atoms with Gasteiger partial charge in [0.2, 0.25) is 11.8 Å². The van der Waals surface area contributed by atoms with Gasteiger partial charge < -0.3 is 10.6 Å². The van der Waals surface area contributed by atoms with Crippen LogP contribution in [0.25, 0.3) is 5.69 Å². The molecule has 0 spiro atoms. The van der Waals surface area contributed by atoms with E-state index < -0.39 is 6.04 Å². The Kier molecular flexibility index (Phi) is 6.49. The molecule has 1 heterocycles. The summed E-state index contributed by atoms with van der Waals surface area (Å²) in [5.74, 6) is 0.190. The summed E-state index contributed by atoms with van der Waals surface area (Å²) >= 11 is 3.46. The standard InChI is InChI=1S/C22H23BrN4O2/c1-14-7-9-17(10-8-14)20(24-16(3)28)13-22(29)25-21-11-15(2)26-27(21)19-6-4-5-18(23)12-19/h4-12,20H,13H2,1-3H3,(H,24,28)(H,25,29). The highest BCUT2D eigenvalue weighted by atomic mass is 79.9. The Morgan fingerprint density at radius 2 is 1.83 bits per heavy atom. The average molecular weight is 455 g/mol. The number of nitrogens with one attached hydrogen (secondary N) is 2. The number of benzene rings is 2. The van der Waals surface area contributed by atoms with Gasteiger partial charge in [0.05, 0.1) is 23.8 Å². The van der Waals surface area contributed by atoms with Crippen molar-refractivity contribution in [3.63, 3.8) is 0 Å². The maximum atomic E-state index is 12.8. The Labute approximate surface area is 178 Å². The quantitative estimate of drug-likeness (QED) is 0.577. The predicted octanol–water partition coefficient (Wildman–Crippen LogP) is 4.46. The Morgan fingerprint density at radius 3 is 2.48 bits per heavy atom. The molecule has 0 aliphatic rings. The highest BCUT2D eigenvalue weighted by Crippen LogP contribution is 2.22. The lowest BCUT2D eigenvalue weighted by Gasteiger charge is -2.18. The molecule has 0 saturated heterocycles. The molecule has 2 N–H and O–H groups in total. The van der Waals surface area contributed by atoms with E-state index in [1.54, 1.807) is 4.68 Å². The summed E-state index contributed by atoms with van der Waals surface area (Å²) in [6.07, 6.45) is 0.116. The van der Waals surface area contributed by atoms with E-state index in [2.05, 4.69) is 31.7 Å². The number of aryl methyl sites for hydroxylation is 2. The molecule has 3 aromatic rings. The van der Waals surface area contributed by atoms with E-state index in [1.807, 2.05) is 68.4 Å². The molecule has 1 atom stereocenters. The van der Waals surface area contributed by atoms with Crippen LogP contribution >= 0.6 is 15.9 Å². The fourth-order valence-electron chi connectivity index (χ4n) is 3.07. The summed E-state index contributed by atoms with van der Waals surface area (Å²) in [4.78, 5) is 24.4. The molecule has 1 unspecified atom stereocenters. The average Bonchev–Trinajstić information content (AvgIpc) is 3.01. The van der Waals surface area contributed by atoms with Gasteiger partial charge in [-0.3, -0.25) is 9.59 Å². The third-order valence-electron chi connectivity index (χ3n) is 4.40. The topological polar surface area (TPSA) is 76.0 Å². The molecule has 0 saturated carbocycles. The zero-order valence-corrected chi connectivity index (χ0v) is 18.2. The lowest BCUT2D eigenvalue weighted by Crippen LogP contribution is -2.30. The van der Waals surface area contributed by atoms with Gasteiger partial charge in [-0.25, -0.2) is 4.68 Å². The zero-order chi connectivity index (χ0) is 21.0. The molecule has 7 heteroatoms. The highest BCUT2D eigenvalue weighted by molar-refractivity contribution is 9.10. The van der Waals surface area contributed by atoms with Crippen LogP contribution in [0.1, 0.15) is 36.2 Å². The molecule has 0 bridgehead atoms. The second kappa shape index (κ2) is 9.05. The second-order valence-corrected chi connectivity index (χ2v) is 7.89. The number of rotatable bonds is 6. The molecular formula is C22H23BrN4O2. The number of aromatic nitrogens is 2. The van der Waals surface area contributed by atoms with Gasteiger partial charge in [-0.2, -0.15) is 5.10 Å². The maximum absolute atomic E-state index is 12.8. The van der Waals surface area contributed by atoms with E-state index in [9.17, 15) is 9.59 Å². The van der Waals surface area contributed by atoms with Crippen LogP contribution in [0.15, 0.2) is 59.1 Å². The largest absolute Gasteiger partial charge is 0.349 e. The third-order valence-corrected chi connectivity index (χ3v) is 4.89. The van der Waals surface area contributed by atoms with Gasteiger partial charge >= 0.3 is 0 Å². The summed E-state index contributed by atoms with van der Waals surface area (Å²) in [6, 6.07) is 16.9. The van der Waals surface area contributed by atoms with Crippen molar-refractivity contribution in [1.82, 2.24) is 15.1 Å². The van der Waals surface area contributed by atoms with Crippen LogP contribution in [0.3, 0.4) is 0 Å². The molecule has 0 aliphatic carbocycles. The van der Waals surface area contributed by atoms with Crippen molar-refractivity contribution in [2.75, 3.05) is 5.32 Å². The van der Waals surface area contributed by atoms with Gasteiger partial charge in [-0.05, 0) is 37.6 Å². The molecule has 1 aromatic heterocycles. The zero-order valence-electron chi connectivity index (χ0n) is 16.6. The maximum Gasteiger partial charge on any atom is 0.227 e. The molecule has 29 heavy (non-hydrogen) atoms. The van der Waals surface area contributed by atoms with Gasteiger partial charge in [0.1, 0.15) is 5.82 Å². The van der Waals surface area contributed by atoms with Crippen molar-refractivity contribution in [3.8, 4) is 5.69 Å². The van der Waals surface area contributed by atoms with E-state index in [1.165, 1.54) is 6.92 Å².